The van der Waals surface area contributed by atoms with E-state index in [1.54, 1.807) is 25.6 Å². The van der Waals surface area contributed by atoms with Crippen molar-refractivity contribution in [3.8, 4) is 0 Å². The second-order valence-corrected chi connectivity index (χ2v) is 3.32. The highest BCUT2D eigenvalue weighted by Gasteiger charge is 2.06. The SMILES string of the molecule is COCCC(N)Cc1cnccc1N. The van der Waals surface area contributed by atoms with Crippen LogP contribution in [0.4, 0.5) is 5.69 Å². The van der Waals surface area contributed by atoms with Crippen LogP contribution in [-0.2, 0) is 11.2 Å². The Morgan fingerprint density at radius 1 is 1.57 bits per heavy atom. The highest BCUT2D eigenvalue weighted by Crippen LogP contribution is 2.11. The van der Waals surface area contributed by atoms with Crippen LogP contribution in [0.3, 0.4) is 0 Å². The lowest BCUT2D eigenvalue weighted by molar-refractivity contribution is 0.188. The van der Waals surface area contributed by atoms with Crippen molar-refractivity contribution in [3.63, 3.8) is 0 Å². The van der Waals surface area contributed by atoms with Crippen molar-refractivity contribution in [2.45, 2.75) is 18.9 Å². The monoisotopic (exact) mass is 195 g/mol. The summed E-state index contributed by atoms with van der Waals surface area (Å²) in [4.78, 5) is 4.01. The third-order valence-electron chi connectivity index (χ3n) is 2.12. The molecule has 78 valence electrons. The number of pyridine rings is 1. The molecule has 0 saturated heterocycles. The number of rotatable bonds is 5. The molecule has 0 fully saturated rings. The minimum absolute atomic E-state index is 0.0847. The fourth-order valence-corrected chi connectivity index (χ4v) is 1.26. The van der Waals surface area contributed by atoms with Crippen LogP contribution in [0, 0.1) is 0 Å². The minimum atomic E-state index is 0.0847. The number of hydrogen-bond donors (Lipinski definition) is 2. The Morgan fingerprint density at radius 3 is 3.00 bits per heavy atom. The van der Waals surface area contributed by atoms with E-state index < -0.39 is 0 Å². The van der Waals surface area contributed by atoms with E-state index in [9.17, 15) is 0 Å². The Balaban J connectivity index is 2.47. The lowest BCUT2D eigenvalue weighted by atomic mass is 10.1. The normalized spacial score (nSPS) is 12.7. The van der Waals surface area contributed by atoms with Gasteiger partial charge in [-0.05, 0) is 24.5 Å². The fourth-order valence-electron chi connectivity index (χ4n) is 1.26. The summed E-state index contributed by atoms with van der Waals surface area (Å²) in [6.45, 7) is 0.682. The maximum Gasteiger partial charge on any atom is 0.0477 e. The van der Waals surface area contributed by atoms with E-state index >= 15 is 0 Å². The Morgan fingerprint density at radius 2 is 2.36 bits per heavy atom. The number of methoxy groups -OCH3 is 1. The summed E-state index contributed by atoms with van der Waals surface area (Å²) in [5.74, 6) is 0. The Bertz CT molecular complexity index is 278. The van der Waals surface area contributed by atoms with Gasteiger partial charge in [-0.15, -0.1) is 0 Å². The Labute approximate surface area is 84.3 Å². The average Bonchev–Trinajstić information content (AvgIpc) is 2.18. The number of nitrogens with two attached hydrogens (primary N) is 2. The van der Waals surface area contributed by atoms with E-state index in [1.807, 2.05) is 0 Å². The molecule has 0 radical (unpaired) electrons. The van der Waals surface area contributed by atoms with Crippen LogP contribution in [0.1, 0.15) is 12.0 Å². The third-order valence-corrected chi connectivity index (χ3v) is 2.12. The molecule has 4 nitrogen and oxygen atoms in total. The summed E-state index contributed by atoms with van der Waals surface area (Å²) >= 11 is 0. The number of aromatic nitrogens is 1. The smallest absolute Gasteiger partial charge is 0.0477 e. The lowest BCUT2D eigenvalue weighted by Crippen LogP contribution is -2.24. The van der Waals surface area contributed by atoms with Crippen LogP contribution in [0.25, 0.3) is 0 Å². The zero-order valence-electron chi connectivity index (χ0n) is 8.44. The van der Waals surface area contributed by atoms with Crippen LogP contribution < -0.4 is 11.5 Å². The van der Waals surface area contributed by atoms with E-state index in [0.717, 1.165) is 24.1 Å². The van der Waals surface area contributed by atoms with E-state index in [2.05, 4.69) is 4.98 Å². The zero-order chi connectivity index (χ0) is 10.4. The van der Waals surface area contributed by atoms with Crippen molar-refractivity contribution < 1.29 is 4.74 Å². The Kier molecular flexibility index (Phi) is 4.35. The molecule has 0 saturated carbocycles. The molecule has 0 aliphatic carbocycles. The summed E-state index contributed by atoms with van der Waals surface area (Å²) in [7, 11) is 1.67. The summed E-state index contributed by atoms with van der Waals surface area (Å²) in [5, 5.41) is 0. The predicted molar refractivity (Wildman–Crippen MR) is 56.8 cm³/mol. The van der Waals surface area contributed by atoms with Gasteiger partial charge in [0.25, 0.3) is 0 Å². The van der Waals surface area contributed by atoms with Gasteiger partial charge in [-0.1, -0.05) is 0 Å². The van der Waals surface area contributed by atoms with Crippen molar-refractivity contribution in [2.24, 2.45) is 5.73 Å². The van der Waals surface area contributed by atoms with Gasteiger partial charge in [0, 0.05) is 37.8 Å². The molecular formula is C10H17N3O. The van der Waals surface area contributed by atoms with Crippen molar-refractivity contribution in [2.75, 3.05) is 19.5 Å². The zero-order valence-corrected chi connectivity index (χ0v) is 8.44. The van der Waals surface area contributed by atoms with Crippen molar-refractivity contribution in [3.05, 3.63) is 24.0 Å². The predicted octanol–water partition coefficient (Wildman–Crippen LogP) is 0.570. The number of ether oxygens (including phenoxy) is 1. The molecule has 1 rings (SSSR count). The van der Waals surface area contributed by atoms with Crippen LogP contribution in [-0.4, -0.2) is 24.7 Å². The van der Waals surface area contributed by atoms with Gasteiger partial charge in [0.15, 0.2) is 0 Å². The standard InChI is InChI=1S/C10H17N3O/c1-14-5-3-9(11)6-8-7-13-4-2-10(8)12/h2,4,7,9H,3,5-6,11H2,1H3,(H2,12,13). The first-order chi connectivity index (χ1) is 6.74. The quantitative estimate of drug-likeness (QED) is 0.720. The summed E-state index contributed by atoms with van der Waals surface area (Å²) in [6, 6.07) is 1.87. The largest absolute Gasteiger partial charge is 0.398 e. The average molecular weight is 195 g/mol. The highest BCUT2D eigenvalue weighted by atomic mass is 16.5. The molecule has 0 spiro atoms. The summed E-state index contributed by atoms with van der Waals surface area (Å²) in [5.41, 5.74) is 13.4. The van der Waals surface area contributed by atoms with Crippen LogP contribution in [0.5, 0.6) is 0 Å². The van der Waals surface area contributed by atoms with E-state index in [0.29, 0.717) is 6.61 Å². The van der Waals surface area contributed by atoms with Gasteiger partial charge in [0.2, 0.25) is 0 Å². The second-order valence-electron chi connectivity index (χ2n) is 3.32. The molecule has 0 bridgehead atoms. The van der Waals surface area contributed by atoms with Crippen LogP contribution >= 0.6 is 0 Å². The molecule has 0 aliphatic rings. The first-order valence-electron chi connectivity index (χ1n) is 4.67. The topological polar surface area (TPSA) is 74.2 Å². The van der Waals surface area contributed by atoms with E-state index in [-0.39, 0.29) is 6.04 Å². The molecule has 1 aromatic heterocycles. The number of nitrogens with zero attached hydrogens (tertiary/aromatic N) is 1. The van der Waals surface area contributed by atoms with Gasteiger partial charge >= 0.3 is 0 Å². The molecule has 0 amide bonds. The first-order valence-corrected chi connectivity index (χ1v) is 4.67. The van der Waals surface area contributed by atoms with Crippen molar-refractivity contribution in [1.82, 2.24) is 4.98 Å². The molecule has 1 aromatic rings. The van der Waals surface area contributed by atoms with Crippen LogP contribution in [0.2, 0.25) is 0 Å². The molecule has 4 N–H and O–H groups in total. The van der Waals surface area contributed by atoms with Gasteiger partial charge in [0.1, 0.15) is 0 Å². The summed E-state index contributed by atoms with van der Waals surface area (Å²) in [6.07, 6.45) is 5.04. The highest BCUT2D eigenvalue weighted by molar-refractivity contribution is 5.44. The van der Waals surface area contributed by atoms with Crippen molar-refractivity contribution in [1.29, 1.82) is 0 Å². The minimum Gasteiger partial charge on any atom is -0.398 e. The Hall–Kier alpha value is -1.13. The van der Waals surface area contributed by atoms with Crippen molar-refractivity contribution >= 4 is 5.69 Å². The molecule has 4 heteroatoms. The molecule has 1 unspecified atom stereocenters. The first kappa shape index (κ1) is 10.9. The fraction of sp³-hybridized carbons (Fsp3) is 0.500. The summed E-state index contributed by atoms with van der Waals surface area (Å²) < 4.78 is 4.95. The van der Waals surface area contributed by atoms with E-state index in [4.69, 9.17) is 16.2 Å². The van der Waals surface area contributed by atoms with Gasteiger partial charge in [-0.25, -0.2) is 0 Å². The molecule has 1 atom stereocenters. The molecular weight excluding hydrogens is 178 g/mol. The molecule has 0 aromatic carbocycles. The second kappa shape index (κ2) is 5.57. The molecule has 14 heavy (non-hydrogen) atoms. The van der Waals surface area contributed by atoms with Gasteiger partial charge in [-0.3, -0.25) is 4.98 Å². The third kappa shape index (κ3) is 3.32. The van der Waals surface area contributed by atoms with Gasteiger partial charge < -0.3 is 16.2 Å². The molecule has 0 aliphatic heterocycles. The maximum atomic E-state index is 5.90. The maximum absolute atomic E-state index is 5.90. The van der Waals surface area contributed by atoms with E-state index in [1.165, 1.54) is 0 Å². The number of anilines is 1. The van der Waals surface area contributed by atoms with Gasteiger partial charge in [0.05, 0.1) is 0 Å². The number of hydrogen-bond acceptors (Lipinski definition) is 4. The molecule has 1 heterocycles. The lowest BCUT2D eigenvalue weighted by Gasteiger charge is -2.11. The number of nitrogen functional groups attached to an aromatic ring is 1. The van der Waals surface area contributed by atoms with Gasteiger partial charge in [-0.2, -0.15) is 0 Å². The van der Waals surface area contributed by atoms with Crippen LogP contribution in [0.15, 0.2) is 18.5 Å².